The van der Waals surface area contributed by atoms with E-state index in [0.29, 0.717) is 23.9 Å². The number of benzene rings is 2. The van der Waals surface area contributed by atoms with Crippen molar-refractivity contribution in [3.8, 4) is 17.2 Å². The number of allylic oxidation sites excluding steroid dienone is 1. The maximum absolute atomic E-state index is 12.1. The molecule has 164 valence electrons. The van der Waals surface area contributed by atoms with Crippen molar-refractivity contribution in [3.63, 3.8) is 0 Å². The topological polar surface area (TPSA) is 61.8 Å². The maximum Gasteiger partial charge on any atom is 0.316 e. The summed E-state index contributed by atoms with van der Waals surface area (Å²) in [6.07, 6.45) is 0. The third kappa shape index (κ3) is 5.16. The van der Waals surface area contributed by atoms with E-state index >= 15 is 0 Å². The molecule has 1 aliphatic heterocycles. The van der Waals surface area contributed by atoms with Crippen molar-refractivity contribution in [2.24, 2.45) is 10.8 Å². The van der Waals surface area contributed by atoms with Crippen molar-refractivity contribution in [3.05, 3.63) is 53.6 Å². The van der Waals surface area contributed by atoms with Crippen LogP contribution in [0.15, 0.2) is 42.5 Å². The molecule has 0 atom stereocenters. The van der Waals surface area contributed by atoms with Crippen LogP contribution in [0.3, 0.4) is 0 Å². The molecule has 2 aromatic carbocycles. The zero-order chi connectivity index (χ0) is 23.0. The Bertz CT molecular complexity index is 1030. The minimum absolute atomic E-state index is 0.270. The minimum atomic E-state index is -0.576. The highest BCUT2D eigenvalue weighted by atomic mass is 16.5. The highest BCUT2D eigenvalue weighted by Crippen LogP contribution is 2.39. The van der Waals surface area contributed by atoms with Gasteiger partial charge in [0, 0.05) is 17.2 Å². The van der Waals surface area contributed by atoms with Crippen molar-refractivity contribution in [2.45, 2.75) is 48.5 Å². The van der Waals surface area contributed by atoms with Gasteiger partial charge in [-0.3, -0.25) is 9.59 Å². The number of fused-ring (bicyclic) bond motifs is 1. The monoisotopic (exact) mass is 422 g/mol. The van der Waals surface area contributed by atoms with Crippen LogP contribution in [0.4, 0.5) is 0 Å². The minimum Gasteiger partial charge on any atom is -0.488 e. The van der Waals surface area contributed by atoms with E-state index in [1.165, 1.54) is 0 Å². The van der Waals surface area contributed by atoms with Crippen molar-refractivity contribution < 1.29 is 23.8 Å². The van der Waals surface area contributed by atoms with Gasteiger partial charge in [-0.1, -0.05) is 12.1 Å². The van der Waals surface area contributed by atoms with Gasteiger partial charge >= 0.3 is 11.9 Å². The third-order valence-electron chi connectivity index (χ3n) is 5.03. The fourth-order valence-electron chi connectivity index (χ4n) is 2.96. The summed E-state index contributed by atoms with van der Waals surface area (Å²) in [7, 11) is 0. The summed E-state index contributed by atoms with van der Waals surface area (Å²) in [4.78, 5) is 24.2. The molecule has 0 bridgehead atoms. The van der Waals surface area contributed by atoms with Gasteiger partial charge in [0.1, 0.15) is 23.9 Å². The van der Waals surface area contributed by atoms with Crippen molar-refractivity contribution >= 4 is 23.1 Å². The van der Waals surface area contributed by atoms with Crippen LogP contribution in [0, 0.1) is 10.8 Å². The Labute approximate surface area is 184 Å². The van der Waals surface area contributed by atoms with Gasteiger partial charge in [0.2, 0.25) is 0 Å². The van der Waals surface area contributed by atoms with E-state index in [4.69, 9.17) is 14.2 Å². The lowest BCUT2D eigenvalue weighted by atomic mass is 9.93. The molecule has 0 radical (unpaired) electrons. The van der Waals surface area contributed by atoms with E-state index in [1.807, 2.05) is 66.7 Å². The summed E-state index contributed by atoms with van der Waals surface area (Å²) in [5.74, 6) is 1.12. The summed E-state index contributed by atoms with van der Waals surface area (Å²) >= 11 is 0. The van der Waals surface area contributed by atoms with Gasteiger partial charge in [0.05, 0.1) is 10.8 Å². The lowest BCUT2D eigenvalue weighted by Crippen LogP contribution is -2.25. The first-order valence-corrected chi connectivity index (χ1v) is 10.4. The Balaban J connectivity index is 1.81. The van der Waals surface area contributed by atoms with Gasteiger partial charge in [-0.15, -0.1) is 0 Å². The standard InChI is InChI=1S/C26H30O5/c1-16-20-13-12-19(31-24(28)26(5,6)7)14-22(20)29-15-21(16)17-8-10-18(11-9-17)30-23(27)25(2,3)4/h8-14H,15H2,1-7H3. The van der Waals surface area contributed by atoms with Crippen LogP contribution in [0.2, 0.25) is 0 Å². The average molecular weight is 423 g/mol. The molecule has 0 unspecified atom stereocenters. The predicted octanol–water partition coefficient (Wildman–Crippen LogP) is 5.91. The second-order valence-electron chi connectivity index (χ2n) is 9.85. The molecule has 1 aliphatic rings. The molecule has 0 saturated heterocycles. The quantitative estimate of drug-likeness (QED) is 0.454. The fraction of sp³-hybridized carbons (Fsp3) is 0.385. The summed E-state index contributed by atoms with van der Waals surface area (Å²) < 4.78 is 16.9. The first-order valence-electron chi connectivity index (χ1n) is 10.4. The summed E-state index contributed by atoms with van der Waals surface area (Å²) in [5.41, 5.74) is 2.98. The molecule has 0 spiro atoms. The van der Waals surface area contributed by atoms with E-state index in [9.17, 15) is 9.59 Å². The van der Waals surface area contributed by atoms with E-state index < -0.39 is 10.8 Å². The number of hydrogen-bond acceptors (Lipinski definition) is 5. The second kappa shape index (κ2) is 8.22. The molecule has 5 heteroatoms. The van der Waals surface area contributed by atoms with Crippen molar-refractivity contribution in [1.82, 2.24) is 0 Å². The SMILES string of the molecule is CC1=C(c2ccc(OC(=O)C(C)(C)C)cc2)COc2cc(OC(=O)C(C)(C)C)ccc21. The predicted molar refractivity (Wildman–Crippen MR) is 121 cm³/mol. The molecule has 0 fully saturated rings. The molecule has 0 amide bonds. The smallest absolute Gasteiger partial charge is 0.316 e. The molecule has 0 saturated carbocycles. The maximum atomic E-state index is 12.1. The molecular formula is C26H30O5. The summed E-state index contributed by atoms with van der Waals surface area (Å²) in [6, 6.07) is 12.9. The number of ether oxygens (including phenoxy) is 3. The zero-order valence-corrected chi connectivity index (χ0v) is 19.3. The molecule has 31 heavy (non-hydrogen) atoms. The Morgan fingerprint density at radius 1 is 0.806 bits per heavy atom. The van der Waals surface area contributed by atoms with E-state index in [0.717, 1.165) is 22.3 Å². The molecule has 1 heterocycles. The Morgan fingerprint density at radius 2 is 1.32 bits per heavy atom. The second-order valence-corrected chi connectivity index (χ2v) is 9.85. The van der Waals surface area contributed by atoms with Gasteiger partial charge in [-0.05, 0) is 83.9 Å². The molecule has 0 N–H and O–H groups in total. The van der Waals surface area contributed by atoms with Crippen LogP contribution in [-0.2, 0) is 9.59 Å². The van der Waals surface area contributed by atoms with Crippen LogP contribution in [0.1, 0.15) is 59.6 Å². The third-order valence-corrected chi connectivity index (χ3v) is 5.03. The van der Waals surface area contributed by atoms with Crippen molar-refractivity contribution in [2.75, 3.05) is 6.61 Å². The number of carbonyl (C=O) groups excluding carboxylic acids is 2. The van der Waals surface area contributed by atoms with Crippen LogP contribution in [-0.4, -0.2) is 18.5 Å². The van der Waals surface area contributed by atoms with Crippen molar-refractivity contribution in [1.29, 1.82) is 0 Å². The van der Waals surface area contributed by atoms with Gasteiger partial charge in [0.25, 0.3) is 0 Å². The van der Waals surface area contributed by atoms with Crippen LogP contribution in [0.5, 0.6) is 17.2 Å². The Hall–Kier alpha value is -3.08. The summed E-state index contributed by atoms with van der Waals surface area (Å²) in [6.45, 7) is 13.4. The molecule has 0 aliphatic carbocycles. The van der Waals surface area contributed by atoms with Crippen LogP contribution in [0.25, 0.3) is 11.1 Å². The highest BCUT2D eigenvalue weighted by molar-refractivity contribution is 5.94. The van der Waals surface area contributed by atoms with Gasteiger partial charge in [-0.25, -0.2) is 0 Å². The summed E-state index contributed by atoms with van der Waals surface area (Å²) in [5, 5.41) is 0. The van der Waals surface area contributed by atoms with E-state index in [2.05, 4.69) is 0 Å². The lowest BCUT2D eigenvalue weighted by Gasteiger charge is -2.24. The highest BCUT2D eigenvalue weighted by Gasteiger charge is 2.26. The van der Waals surface area contributed by atoms with E-state index in [1.54, 1.807) is 24.3 Å². The van der Waals surface area contributed by atoms with Gasteiger partial charge in [0.15, 0.2) is 0 Å². The number of carbonyl (C=O) groups is 2. The number of esters is 2. The first kappa shape index (κ1) is 22.6. The zero-order valence-electron chi connectivity index (χ0n) is 19.3. The van der Waals surface area contributed by atoms with Crippen LogP contribution >= 0.6 is 0 Å². The Morgan fingerprint density at radius 3 is 1.87 bits per heavy atom. The largest absolute Gasteiger partial charge is 0.488 e. The number of hydrogen-bond donors (Lipinski definition) is 0. The molecular weight excluding hydrogens is 392 g/mol. The Kier molecular flexibility index (Phi) is 5.99. The first-order chi connectivity index (χ1) is 14.4. The molecule has 0 aromatic heterocycles. The van der Waals surface area contributed by atoms with Crippen LogP contribution < -0.4 is 14.2 Å². The lowest BCUT2D eigenvalue weighted by molar-refractivity contribution is -0.143. The molecule has 2 aromatic rings. The molecule has 5 nitrogen and oxygen atoms in total. The number of rotatable bonds is 3. The van der Waals surface area contributed by atoms with Gasteiger partial charge in [-0.2, -0.15) is 0 Å². The van der Waals surface area contributed by atoms with E-state index in [-0.39, 0.29) is 11.9 Å². The normalized spacial score (nSPS) is 13.9. The molecule has 3 rings (SSSR count). The fourth-order valence-corrected chi connectivity index (χ4v) is 2.96. The van der Waals surface area contributed by atoms with Gasteiger partial charge < -0.3 is 14.2 Å². The average Bonchev–Trinajstić information content (AvgIpc) is 2.67.